The molecule has 0 radical (unpaired) electrons. The van der Waals surface area contributed by atoms with E-state index in [0.717, 1.165) is 12.1 Å². The van der Waals surface area contributed by atoms with Gasteiger partial charge in [0.1, 0.15) is 15.7 Å². The van der Waals surface area contributed by atoms with Gasteiger partial charge >= 0.3 is 0 Å². The van der Waals surface area contributed by atoms with E-state index in [0.29, 0.717) is 21.2 Å². The third-order valence-electron chi connectivity index (χ3n) is 4.62. The van der Waals surface area contributed by atoms with Crippen LogP contribution in [0.2, 0.25) is 15.1 Å². The first-order chi connectivity index (χ1) is 14.8. The summed E-state index contributed by atoms with van der Waals surface area (Å²) < 4.78 is 56.5. The van der Waals surface area contributed by atoms with Crippen molar-refractivity contribution in [2.45, 2.75) is 23.6 Å². The summed E-state index contributed by atoms with van der Waals surface area (Å²) in [4.78, 5) is -1.14. The number of hydrogen-bond acceptors (Lipinski definition) is 5. The van der Waals surface area contributed by atoms with Crippen molar-refractivity contribution < 1.29 is 21.9 Å². The van der Waals surface area contributed by atoms with E-state index >= 15 is 0 Å². The van der Waals surface area contributed by atoms with Gasteiger partial charge in [-0.3, -0.25) is 9.44 Å². The Hall–Kier alpha value is -2.17. The van der Waals surface area contributed by atoms with Crippen molar-refractivity contribution >= 4 is 66.2 Å². The van der Waals surface area contributed by atoms with Gasteiger partial charge in [0.25, 0.3) is 20.0 Å². The molecule has 0 heterocycles. The fourth-order valence-electron chi connectivity index (χ4n) is 2.75. The molecule has 0 aromatic heterocycles. The molecule has 12 heteroatoms. The van der Waals surface area contributed by atoms with E-state index in [9.17, 15) is 21.9 Å². The number of aromatic hydroxyl groups is 1. The Morgan fingerprint density at radius 1 is 0.750 bits per heavy atom. The van der Waals surface area contributed by atoms with Crippen LogP contribution in [-0.4, -0.2) is 21.9 Å². The second-order valence-corrected chi connectivity index (χ2v) is 11.3. The maximum absolute atomic E-state index is 13.0. The van der Waals surface area contributed by atoms with Crippen molar-refractivity contribution in [2.75, 3.05) is 9.44 Å². The molecule has 0 aliphatic heterocycles. The van der Waals surface area contributed by atoms with Crippen LogP contribution >= 0.6 is 34.8 Å². The summed E-state index contributed by atoms with van der Waals surface area (Å²) in [5, 5.41) is 10.3. The van der Waals surface area contributed by atoms with Crippen LogP contribution in [-0.2, 0) is 20.0 Å². The van der Waals surface area contributed by atoms with Crippen molar-refractivity contribution in [3.63, 3.8) is 0 Å². The smallest absolute Gasteiger partial charge is 0.263 e. The van der Waals surface area contributed by atoms with E-state index in [2.05, 4.69) is 9.44 Å². The summed E-state index contributed by atoms with van der Waals surface area (Å²) in [7, 11) is -8.69. The van der Waals surface area contributed by atoms with Crippen LogP contribution in [0.15, 0.2) is 58.3 Å². The van der Waals surface area contributed by atoms with Crippen LogP contribution in [0.5, 0.6) is 5.75 Å². The van der Waals surface area contributed by atoms with Crippen LogP contribution in [0.3, 0.4) is 0 Å². The highest BCUT2D eigenvalue weighted by Crippen LogP contribution is 2.36. The first kappa shape index (κ1) is 24.5. The Morgan fingerprint density at radius 2 is 1.22 bits per heavy atom. The molecule has 0 bridgehead atoms. The average Bonchev–Trinajstić information content (AvgIpc) is 2.70. The van der Waals surface area contributed by atoms with E-state index in [1.807, 2.05) is 0 Å². The molecule has 0 spiro atoms. The normalized spacial score (nSPS) is 11.9. The van der Waals surface area contributed by atoms with Crippen molar-refractivity contribution in [3.05, 3.63) is 74.7 Å². The highest BCUT2D eigenvalue weighted by molar-refractivity contribution is 7.93. The molecule has 0 aliphatic carbocycles. The summed E-state index contributed by atoms with van der Waals surface area (Å²) in [6, 6.07) is 11.0. The van der Waals surface area contributed by atoms with Crippen molar-refractivity contribution in [2.24, 2.45) is 0 Å². The molecule has 0 saturated carbocycles. The molecule has 3 rings (SSSR count). The largest absolute Gasteiger partial charge is 0.506 e. The molecule has 3 aromatic rings. The summed E-state index contributed by atoms with van der Waals surface area (Å²) >= 11 is 18.1. The van der Waals surface area contributed by atoms with Gasteiger partial charge in [0.05, 0.1) is 16.3 Å². The van der Waals surface area contributed by atoms with Crippen molar-refractivity contribution in [3.8, 4) is 5.75 Å². The number of nitrogens with one attached hydrogen (secondary N) is 2. The van der Waals surface area contributed by atoms with Gasteiger partial charge in [0, 0.05) is 16.1 Å². The molecule has 3 N–H and O–H groups in total. The maximum atomic E-state index is 13.0. The van der Waals surface area contributed by atoms with Gasteiger partial charge in [0.15, 0.2) is 0 Å². The van der Waals surface area contributed by atoms with Gasteiger partial charge in [-0.2, -0.15) is 0 Å². The number of hydrogen-bond donors (Lipinski definition) is 3. The second kappa shape index (κ2) is 8.99. The molecule has 3 aromatic carbocycles. The van der Waals surface area contributed by atoms with Crippen LogP contribution < -0.4 is 9.44 Å². The Kier molecular flexibility index (Phi) is 6.88. The fraction of sp³-hybridized carbons (Fsp3) is 0.100. The highest BCUT2D eigenvalue weighted by Gasteiger charge is 2.27. The number of phenolic OH excluding ortho intramolecular Hbond substituents is 1. The predicted octanol–water partition coefficient (Wildman–Crippen LogP) is 5.57. The molecule has 170 valence electrons. The van der Waals surface area contributed by atoms with Crippen LogP contribution in [0.25, 0.3) is 0 Å². The number of rotatable bonds is 6. The lowest BCUT2D eigenvalue weighted by Gasteiger charge is -2.15. The Labute approximate surface area is 201 Å². The van der Waals surface area contributed by atoms with Crippen molar-refractivity contribution in [1.82, 2.24) is 0 Å². The first-order valence-corrected chi connectivity index (χ1v) is 13.0. The van der Waals surface area contributed by atoms with Gasteiger partial charge in [-0.25, -0.2) is 16.8 Å². The molecule has 0 amide bonds. The topological polar surface area (TPSA) is 113 Å². The average molecular weight is 536 g/mol. The van der Waals surface area contributed by atoms with Gasteiger partial charge in [-0.15, -0.1) is 0 Å². The first-order valence-electron chi connectivity index (χ1n) is 8.92. The molecular formula is C20H17Cl3N2O5S2. The van der Waals surface area contributed by atoms with Gasteiger partial charge in [-0.1, -0.05) is 46.9 Å². The molecule has 0 fully saturated rings. The summed E-state index contributed by atoms with van der Waals surface area (Å²) in [5.41, 5.74) is 1.31. The zero-order chi connectivity index (χ0) is 23.8. The molecule has 0 unspecified atom stereocenters. The number of halogens is 3. The van der Waals surface area contributed by atoms with E-state index in [1.165, 1.54) is 12.1 Å². The lowest BCUT2D eigenvalue weighted by atomic mass is 10.2. The van der Waals surface area contributed by atoms with Gasteiger partial charge in [0.2, 0.25) is 0 Å². The minimum atomic E-state index is -4.39. The number of sulfonamides is 2. The lowest BCUT2D eigenvalue weighted by molar-refractivity contribution is 0.471. The van der Waals surface area contributed by atoms with E-state index in [1.54, 1.807) is 38.1 Å². The molecule has 0 atom stereocenters. The van der Waals surface area contributed by atoms with E-state index < -0.39 is 40.6 Å². The minimum absolute atomic E-state index is 0.175. The van der Waals surface area contributed by atoms with E-state index in [-0.39, 0.29) is 11.4 Å². The Morgan fingerprint density at radius 3 is 1.72 bits per heavy atom. The third kappa shape index (κ3) is 4.92. The predicted molar refractivity (Wildman–Crippen MR) is 127 cm³/mol. The number of phenols is 1. The van der Waals surface area contributed by atoms with Gasteiger partial charge in [-0.05, 0) is 55.3 Å². The van der Waals surface area contributed by atoms with Gasteiger partial charge < -0.3 is 5.11 Å². The lowest BCUT2D eigenvalue weighted by Crippen LogP contribution is -2.17. The quantitative estimate of drug-likeness (QED) is 0.382. The van der Waals surface area contributed by atoms with Crippen LogP contribution in [0, 0.1) is 13.8 Å². The molecular weight excluding hydrogens is 519 g/mol. The molecule has 7 nitrogen and oxygen atoms in total. The Bertz CT molecular complexity index is 1430. The summed E-state index contributed by atoms with van der Waals surface area (Å²) in [6.45, 7) is 3.23. The zero-order valence-electron chi connectivity index (χ0n) is 16.6. The highest BCUT2D eigenvalue weighted by atomic mass is 35.5. The van der Waals surface area contributed by atoms with Crippen molar-refractivity contribution in [1.29, 1.82) is 0 Å². The maximum Gasteiger partial charge on any atom is 0.263 e. The number of anilines is 2. The van der Waals surface area contributed by atoms with E-state index in [4.69, 9.17) is 34.8 Å². The molecule has 32 heavy (non-hydrogen) atoms. The number of benzene rings is 3. The minimum Gasteiger partial charge on any atom is -0.506 e. The van der Waals surface area contributed by atoms with Crippen LogP contribution in [0.1, 0.15) is 11.1 Å². The monoisotopic (exact) mass is 534 g/mol. The second-order valence-electron chi connectivity index (χ2n) is 6.79. The summed E-state index contributed by atoms with van der Waals surface area (Å²) in [6.07, 6.45) is 0. The Balaban J connectivity index is 2.07. The zero-order valence-corrected chi connectivity index (χ0v) is 20.6. The van der Waals surface area contributed by atoms with Crippen LogP contribution in [0.4, 0.5) is 11.4 Å². The SMILES string of the molecule is Cc1c(Cl)cccc1NS(=O)(=O)c1cc(O)c(Cl)c(S(=O)(=O)Nc2cccc(Cl)c2C)c1. The standard InChI is InChI=1S/C20H17Cl3N2O5S2/c1-11-14(21)5-3-7-16(11)24-31(27,28)13-9-18(26)20(23)19(10-13)32(29,30)25-17-8-4-6-15(22)12(17)2/h3-10,24-26H,1-2H3. The molecule has 0 aliphatic rings. The third-order valence-corrected chi connectivity index (χ3v) is 8.68. The molecule has 0 saturated heterocycles. The fourth-order valence-corrected chi connectivity index (χ4v) is 6.00. The summed E-state index contributed by atoms with van der Waals surface area (Å²) in [5.74, 6) is -0.722.